The van der Waals surface area contributed by atoms with Crippen LogP contribution in [0.5, 0.6) is 0 Å². The summed E-state index contributed by atoms with van der Waals surface area (Å²) in [7, 11) is 0. The number of aryl methyl sites for hydroxylation is 1. The molecule has 0 spiro atoms. The van der Waals surface area contributed by atoms with Crippen molar-refractivity contribution < 1.29 is 14.6 Å². The average molecular weight is 300 g/mol. The van der Waals surface area contributed by atoms with Crippen molar-refractivity contribution in [1.29, 1.82) is 0 Å². The third-order valence-electron chi connectivity index (χ3n) is 3.27. The minimum Gasteiger partial charge on any atom is -0.294 e. The first-order valence-electron chi connectivity index (χ1n) is 6.40. The molecular weight excluding hydrogens is 288 g/mol. The molecule has 112 valence electrons. The molecule has 0 atom stereocenters. The molecular formula is C15H12N2O5. The first-order valence-corrected chi connectivity index (χ1v) is 6.40. The lowest BCUT2D eigenvalue weighted by molar-refractivity contribution is -0.394. The van der Waals surface area contributed by atoms with Crippen LogP contribution >= 0.6 is 0 Å². The van der Waals surface area contributed by atoms with Gasteiger partial charge < -0.3 is 0 Å². The molecule has 2 rings (SSSR count). The standard InChI is InChI=1S/C15H12N2O5/c1-10-4-2-3-5-13(10)15(18)8-11-6-7-12(16(19)20)9-14(11)17(21)22/h2-7,9H,8H2,1H3. The molecule has 7 heteroatoms. The number of Topliss-reactive ketones (excluding diaryl/α,β-unsaturated/α-hetero) is 1. The van der Waals surface area contributed by atoms with Crippen LogP contribution in [-0.2, 0) is 6.42 Å². The van der Waals surface area contributed by atoms with Gasteiger partial charge in [-0.1, -0.05) is 24.3 Å². The van der Waals surface area contributed by atoms with Crippen LogP contribution in [0, 0.1) is 27.2 Å². The van der Waals surface area contributed by atoms with E-state index in [1.165, 1.54) is 6.07 Å². The zero-order chi connectivity index (χ0) is 16.3. The molecule has 0 heterocycles. The number of ketones is 1. The Kier molecular flexibility index (Phi) is 4.26. The van der Waals surface area contributed by atoms with E-state index >= 15 is 0 Å². The molecule has 0 radical (unpaired) electrons. The molecule has 0 aliphatic rings. The Bertz CT molecular complexity index is 770. The van der Waals surface area contributed by atoms with Crippen LogP contribution in [0.3, 0.4) is 0 Å². The summed E-state index contributed by atoms with van der Waals surface area (Å²) in [5, 5.41) is 21.7. The van der Waals surface area contributed by atoms with Gasteiger partial charge in [-0.2, -0.15) is 0 Å². The van der Waals surface area contributed by atoms with E-state index < -0.39 is 15.5 Å². The van der Waals surface area contributed by atoms with Crippen LogP contribution in [-0.4, -0.2) is 15.6 Å². The maximum absolute atomic E-state index is 12.3. The maximum atomic E-state index is 12.3. The van der Waals surface area contributed by atoms with Crippen LogP contribution < -0.4 is 0 Å². The van der Waals surface area contributed by atoms with Crippen molar-refractivity contribution in [3.63, 3.8) is 0 Å². The van der Waals surface area contributed by atoms with E-state index in [2.05, 4.69) is 0 Å². The van der Waals surface area contributed by atoms with Crippen molar-refractivity contribution >= 4 is 17.2 Å². The average Bonchev–Trinajstić information content (AvgIpc) is 2.47. The normalized spacial score (nSPS) is 10.2. The Morgan fingerprint density at radius 3 is 2.32 bits per heavy atom. The van der Waals surface area contributed by atoms with Gasteiger partial charge in [-0.15, -0.1) is 0 Å². The molecule has 0 amide bonds. The molecule has 0 N–H and O–H groups in total. The minimum atomic E-state index is -0.715. The molecule has 7 nitrogen and oxygen atoms in total. The summed E-state index contributed by atoms with van der Waals surface area (Å²) in [4.78, 5) is 32.6. The number of nitrogens with zero attached hydrogens (tertiary/aromatic N) is 2. The van der Waals surface area contributed by atoms with Gasteiger partial charge in [-0.25, -0.2) is 0 Å². The van der Waals surface area contributed by atoms with E-state index in [9.17, 15) is 25.0 Å². The first kappa shape index (κ1) is 15.3. The second-order valence-corrected chi connectivity index (χ2v) is 4.74. The summed E-state index contributed by atoms with van der Waals surface area (Å²) in [6.07, 6.45) is -0.181. The monoisotopic (exact) mass is 300 g/mol. The minimum absolute atomic E-state index is 0.156. The van der Waals surface area contributed by atoms with Gasteiger partial charge in [0.2, 0.25) is 0 Å². The van der Waals surface area contributed by atoms with Crippen LogP contribution in [0.1, 0.15) is 21.5 Å². The number of nitro groups is 2. The van der Waals surface area contributed by atoms with Gasteiger partial charge in [0.25, 0.3) is 11.4 Å². The van der Waals surface area contributed by atoms with Crippen molar-refractivity contribution in [2.75, 3.05) is 0 Å². The first-order chi connectivity index (χ1) is 10.4. The van der Waals surface area contributed by atoms with Gasteiger partial charge in [0.05, 0.1) is 15.9 Å². The molecule has 0 bridgehead atoms. The van der Waals surface area contributed by atoms with Gasteiger partial charge in [0.15, 0.2) is 5.78 Å². The number of non-ortho nitro benzene ring substituents is 1. The number of rotatable bonds is 5. The smallest absolute Gasteiger partial charge is 0.279 e. The molecule has 0 saturated heterocycles. The van der Waals surface area contributed by atoms with Crippen LogP contribution in [0.4, 0.5) is 11.4 Å². The lowest BCUT2D eigenvalue weighted by Crippen LogP contribution is -2.07. The van der Waals surface area contributed by atoms with E-state index in [-0.39, 0.29) is 23.5 Å². The number of carbonyl (C=O) groups excluding carboxylic acids is 1. The summed E-state index contributed by atoms with van der Waals surface area (Å²) in [6.45, 7) is 1.78. The summed E-state index contributed by atoms with van der Waals surface area (Å²) < 4.78 is 0. The fourth-order valence-electron chi connectivity index (χ4n) is 2.14. The third kappa shape index (κ3) is 3.14. The van der Waals surface area contributed by atoms with Crippen molar-refractivity contribution in [2.45, 2.75) is 13.3 Å². The second-order valence-electron chi connectivity index (χ2n) is 4.74. The summed E-state index contributed by atoms with van der Waals surface area (Å²) in [6, 6.07) is 10.2. The zero-order valence-electron chi connectivity index (χ0n) is 11.7. The van der Waals surface area contributed by atoms with E-state index in [0.29, 0.717) is 5.56 Å². The van der Waals surface area contributed by atoms with Crippen molar-refractivity contribution in [2.24, 2.45) is 0 Å². The second kappa shape index (κ2) is 6.13. The molecule has 0 aliphatic carbocycles. The number of benzene rings is 2. The fraction of sp³-hybridized carbons (Fsp3) is 0.133. The van der Waals surface area contributed by atoms with Crippen LogP contribution in [0.25, 0.3) is 0 Å². The van der Waals surface area contributed by atoms with Gasteiger partial charge in [0, 0.05) is 23.6 Å². The van der Waals surface area contributed by atoms with Gasteiger partial charge >= 0.3 is 0 Å². The highest BCUT2D eigenvalue weighted by Crippen LogP contribution is 2.26. The van der Waals surface area contributed by atoms with Crippen molar-refractivity contribution in [3.05, 3.63) is 79.4 Å². The Morgan fingerprint density at radius 1 is 1.05 bits per heavy atom. The molecule has 22 heavy (non-hydrogen) atoms. The molecule has 2 aromatic carbocycles. The predicted molar refractivity (Wildman–Crippen MR) is 79.0 cm³/mol. The highest BCUT2D eigenvalue weighted by molar-refractivity contribution is 5.99. The zero-order valence-corrected chi connectivity index (χ0v) is 11.7. The molecule has 2 aromatic rings. The highest BCUT2D eigenvalue weighted by Gasteiger charge is 2.21. The Morgan fingerprint density at radius 2 is 1.73 bits per heavy atom. The van der Waals surface area contributed by atoms with E-state index in [4.69, 9.17) is 0 Å². The Hall–Kier alpha value is -3.09. The number of carbonyl (C=O) groups is 1. The van der Waals surface area contributed by atoms with Crippen molar-refractivity contribution in [3.8, 4) is 0 Å². The topological polar surface area (TPSA) is 103 Å². The largest absolute Gasteiger partial charge is 0.294 e. The molecule has 0 fully saturated rings. The summed E-state index contributed by atoms with van der Waals surface area (Å²) in [5.41, 5.74) is 0.617. The molecule has 0 aliphatic heterocycles. The van der Waals surface area contributed by atoms with Gasteiger partial charge in [-0.05, 0) is 18.6 Å². The van der Waals surface area contributed by atoms with E-state index in [1.807, 2.05) is 0 Å². The number of nitro benzene ring substituents is 2. The van der Waals surface area contributed by atoms with Crippen molar-refractivity contribution in [1.82, 2.24) is 0 Å². The number of hydrogen-bond donors (Lipinski definition) is 0. The highest BCUT2D eigenvalue weighted by atomic mass is 16.6. The van der Waals surface area contributed by atoms with E-state index in [0.717, 1.165) is 17.7 Å². The van der Waals surface area contributed by atoms with Gasteiger partial charge in [0.1, 0.15) is 0 Å². The SMILES string of the molecule is Cc1ccccc1C(=O)Cc1ccc([N+](=O)[O-])cc1[N+](=O)[O-]. The van der Waals surface area contributed by atoms with Crippen LogP contribution in [0.15, 0.2) is 42.5 Å². The fourth-order valence-corrected chi connectivity index (χ4v) is 2.14. The Balaban J connectivity index is 2.37. The van der Waals surface area contributed by atoms with E-state index in [1.54, 1.807) is 31.2 Å². The van der Waals surface area contributed by atoms with Crippen LogP contribution in [0.2, 0.25) is 0 Å². The quantitative estimate of drug-likeness (QED) is 0.479. The molecule has 0 aromatic heterocycles. The third-order valence-corrected chi connectivity index (χ3v) is 3.27. The maximum Gasteiger partial charge on any atom is 0.279 e. The predicted octanol–water partition coefficient (Wildman–Crippen LogP) is 3.24. The molecule has 0 unspecified atom stereocenters. The number of hydrogen-bond acceptors (Lipinski definition) is 5. The lowest BCUT2D eigenvalue weighted by Gasteiger charge is -2.05. The van der Waals surface area contributed by atoms with Gasteiger partial charge in [-0.3, -0.25) is 25.0 Å². The summed E-state index contributed by atoms with van der Waals surface area (Å²) in [5.74, 6) is -0.268. The Labute approximate surface area is 125 Å². The molecule has 0 saturated carbocycles. The lowest BCUT2D eigenvalue weighted by atomic mass is 9.98. The summed E-state index contributed by atoms with van der Waals surface area (Å²) >= 11 is 0.